The van der Waals surface area contributed by atoms with Gasteiger partial charge in [0.25, 0.3) is 0 Å². The summed E-state index contributed by atoms with van der Waals surface area (Å²) in [6, 6.07) is 66.6. The van der Waals surface area contributed by atoms with Gasteiger partial charge in [0.15, 0.2) is 0 Å². The van der Waals surface area contributed by atoms with Gasteiger partial charge in [0.05, 0.1) is 0 Å². The zero-order valence-electron chi connectivity index (χ0n) is 31.2. The molecule has 2 heteroatoms. The van der Waals surface area contributed by atoms with Crippen LogP contribution in [0, 0.1) is 0 Å². The highest BCUT2D eigenvalue weighted by molar-refractivity contribution is 6.13. The lowest BCUT2D eigenvalue weighted by molar-refractivity contribution is 0.660. The number of benzene rings is 8. The summed E-state index contributed by atoms with van der Waals surface area (Å²) in [5.41, 5.74) is 19.2. The molecular weight excluding hydrogens is 667 g/mol. The maximum absolute atomic E-state index is 6.55. The second kappa shape index (κ2) is 11.7. The van der Waals surface area contributed by atoms with Gasteiger partial charge in [-0.25, -0.2) is 0 Å². The van der Waals surface area contributed by atoms with Gasteiger partial charge in [-0.05, 0) is 123 Å². The number of hydrogen-bond acceptors (Lipinski definition) is 2. The molecular formula is C53H39NO. The quantitative estimate of drug-likeness (QED) is 0.177. The molecule has 0 fully saturated rings. The van der Waals surface area contributed by atoms with Crippen LogP contribution < -0.4 is 4.90 Å². The molecule has 9 aromatic rings. The number of furan rings is 1. The smallest absolute Gasteiger partial charge is 0.136 e. The van der Waals surface area contributed by atoms with Crippen molar-refractivity contribution in [2.24, 2.45) is 0 Å². The number of para-hydroxylation sites is 1. The number of rotatable bonds is 5. The summed E-state index contributed by atoms with van der Waals surface area (Å²) in [6.45, 7) is 7.07. The molecule has 0 atom stereocenters. The Morgan fingerprint density at radius 3 is 1.67 bits per heavy atom. The summed E-state index contributed by atoms with van der Waals surface area (Å²) in [7, 11) is 0. The number of nitrogens with zero attached hydrogens (tertiary/aromatic N) is 1. The molecule has 0 aliphatic heterocycles. The normalized spacial score (nSPS) is 14.4. The first-order valence-corrected chi connectivity index (χ1v) is 19.3. The number of fused-ring (bicyclic) bond motifs is 9. The molecule has 1 aromatic heterocycles. The second-order valence-electron chi connectivity index (χ2n) is 15.8. The van der Waals surface area contributed by atoms with Crippen molar-refractivity contribution in [3.63, 3.8) is 0 Å². The fraction of sp³-hybridized carbons (Fsp3) is 0.0943. The van der Waals surface area contributed by atoms with Crippen LogP contribution in [0.5, 0.6) is 0 Å². The van der Waals surface area contributed by atoms with Gasteiger partial charge in [-0.2, -0.15) is 0 Å². The summed E-state index contributed by atoms with van der Waals surface area (Å²) < 4.78 is 6.55. The summed E-state index contributed by atoms with van der Waals surface area (Å²) in [4.78, 5) is 2.38. The third-order valence-electron chi connectivity index (χ3n) is 12.6. The van der Waals surface area contributed by atoms with E-state index in [0.717, 1.165) is 44.6 Å². The lowest BCUT2D eigenvalue weighted by Crippen LogP contribution is -2.22. The first kappa shape index (κ1) is 31.8. The minimum atomic E-state index is -0.280. The van der Waals surface area contributed by atoms with Crippen molar-refractivity contribution >= 4 is 39.0 Å². The summed E-state index contributed by atoms with van der Waals surface area (Å²) in [6.07, 6.45) is 0. The molecule has 0 amide bonds. The largest absolute Gasteiger partial charge is 0.456 e. The molecule has 262 valence electrons. The Balaban J connectivity index is 1.02. The molecule has 0 saturated carbocycles. The van der Waals surface area contributed by atoms with E-state index in [9.17, 15) is 0 Å². The van der Waals surface area contributed by atoms with E-state index in [1.165, 1.54) is 55.6 Å². The van der Waals surface area contributed by atoms with Crippen LogP contribution in [0.3, 0.4) is 0 Å². The third kappa shape index (κ3) is 4.55. The SMILES string of the molecule is CC1(C)c2ccccc2-c2ccc(N(c3ccccc3)c3ccc(-c4cccc5oc6ccc(C7(C)c8ccccc8-c8ccccc87)cc6c45)cc3)cc21. The Hall–Kier alpha value is -6.64. The minimum absolute atomic E-state index is 0.0813. The van der Waals surface area contributed by atoms with Crippen molar-refractivity contribution in [2.45, 2.75) is 31.6 Å². The van der Waals surface area contributed by atoms with Crippen LogP contribution in [0.2, 0.25) is 0 Å². The Bertz CT molecular complexity index is 2920. The Morgan fingerprint density at radius 1 is 0.400 bits per heavy atom. The summed E-state index contributed by atoms with van der Waals surface area (Å²) >= 11 is 0. The Morgan fingerprint density at radius 2 is 0.964 bits per heavy atom. The van der Waals surface area contributed by atoms with E-state index in [0.29, 0.717) is 0 Å². The van der Waals surface area contributed by atoms with E-state index in [-0.39, 0.29) is 10.8 Å². The molecule has 0 spiro atoms. The van der Waals surface area contributed by atoms with Crippen LogP contribution in [0.4, 0.5) is 17.1 Å². The average molecular weight is 706 g/mol. The zero-order chi connectivity index (χ0) is 36.9. The van der Waals surface area contributed by atoms with Gasteiger partial charge in [-0.1, -0.05) is 141 Å². The molecule has 2 nitrogen and oxygen atoms in total. The van der Waals surface area contributed by atoms with E-state index in [1.807, 2.05) is 0 Å². The number of hydrogen-bond donors (Lipinski definition) is 0. The standard InChI is InChI=1S/C53H39NO/c1-52(2)45-20-10-7-16-40(45)43-30-29-38(33-48(43)52)54(36-14-5-4-6-15-36)37-27-24-34(25-28-37)39-19-13-23-50-51(39)44-32-35(26-31-49(44)55-50)53(3)46-21-11-8-17-41(46)42-18-9-12-22-47(42)53/h4-33H,1-3H3. The van der Waals surface area contributed by atoms with Gasteiger partial charge in [0.1, 0.15) is 11.2 Å². The lowest BCUT2D eigenvalue weighted by atomic mass is 9.74. The zero-order valence-corrected chi connectivity index (χ0v) is 31.2. The van der Waals surface area contributed by atoms with E-state index in [4.69, 9.17) is 4.42 Å². The van der Waals surface area contributed by atoms with Crippen LogP contribution in [-0.2, 0) is 10.8 Å². The predicted octanol–water partition coefficient (Wildman–Crippen LogP) is 14.4. The van der Waals surface area contributed by atoms with Crippen LogP contribution in [0.1, 0.15) is 48.6 Å². The van der Waals surface area contributed by atoms with E-state index < -0.39 is 0 Å². The van der Waals surface area contributed by atoms with Gasteiger partial charge < -0.3 is 9.32 Å². The molecule has 2 aliphatic rings. The second-order valence-corrected chi connectivity index (χ2v) is 15.8. The lowest BCUT2D eigenvalue weighted by Gasteiger charge is -2.28. The van der Waals surface area contributed by atoms with Crippen molar-refractivity contribution in [1.29, 1.82) is 0 Å². The minimum Gasteiger partial charge on any atom is -0.456 e. The average Bonchev–Trinajstić information content (AvgIpc) is 3.82. The fourth-order valence-corrected chi connectivity index (χ4v) is 9.79. The van der Waals surface area contributed by atoms with Gasteiger partial charge in [-0.15, -0.1) is 0 Å². The van der Waals surface area contributed by atoms with Crippen molar-refractivity contribution in [1.82, 2.24) is 0 Å². The van der Waals surface area contributed by atoms with Crippen molar-refractivity contribution in [3.05, 3.63) is 210 Å². The Labute approximate surface area is 322 Å². The first-order valence-electron chi connectivity index (χ1n) is 19.3. The highest BCUT2D eigenvalue weighted by Crippen LogP contribution is 2.54. The molecule has 1 heterocycles. The molecule has 11 rings (SSSR count). The third-order valence-corrected chi connectivity index (χ3v) is 12.6. The van der Waals surface area contributed by atoms with Crippen molar-refractivity contribution in [2.75, 3.05) is 4.90 Å². The molecule has 55 heavy (non-hydrogen) atoms. The van der Waals surface area contributed by atoms with Crippen LogP contribution in [0.25, 0.3) is 55.3 Å². The highest BCUT2D eigenvalue weighted by Gasteiger charge is 2.41. The van der Waals surface area contributed by atoms with E-state index >= 15 is 0 Å². The maximum Gasteiger partial charge on any atom is 0.136 e. The molecule has 8 aromatic carbocycles. The highest BCUT2D eigenvalue weighted by atomic mass is 16.3. The topological polar surface area (TPSA) is 16.4 Å². The van der Waals surface area contributed by atoms with Gasteiger partial charge in [-0.3, -0.25) is 0 Å². The monoisotopic (exact) mass is 705 g/mol. The first-order chi connectivity index (χ1) is 26.9. The van der Waals surface area contributed by atoms with E-state index in [2.05, 4.69) is 208 Å². The van der Waals surface area contributed by atoms with Crippen LogP contribution >= 0.6 is 0 Å². The van der Waals surface area contributed by atoms with Crippen LogP contribution in [-0.4, -0.2) is 0 Å². The predicted molar refractivity (Wildman–Crippen MR) is 229 cm³/mol. The Kier molecular flexibility index (Phi) is 6.76. The number of anilines is 3. The van der Waals surface area contributed by atoms with Crippen molar-refractivity contribution < 1.29 is 4.42 Å². The molecule has 0 radical (unpaired) electrons. The van der Waals surface area contributed by atoms with Gasteiger partial charge in [0, 0.05) is 38.7 Å². The molecule has 0 unspecified atom stereocenters. The summed E-state index contributed by atoms with van der Waals surface area (Å²) in [5.74, 6) is 0. The van der Waals surface area contributed by atoms with Gasteiger partial charge >= 0.3 is 0 Å². The fourth-order valence-electron chi connectivity index (χ4n) is 9.79. The summed E-state index contributed by atoms with van der Waals surface area (Å²) in [5, 5.41) is 2.29. The molecule has 0 saturated heterocycles. The van der Waals surface area contributed by atoms with Crippen LogP contribution in [0.15, 0.2) is 186 Å². The molecule has 0 bridgehead atoms. The maximum atomic E-state index is 6.55. The van der Waals surface area contributed by atoms with E-state index in [1.54, 1.807) is 0 Å². The molecule has 0 N–H and O–H groups in total. The van der Waals surface area contributed by atoms with Gasteiger partial charge in [0.2, 0.25) is 0 Å². The molecule has 2 aliphatic carbocycles. The van der Waals surface area contributed by atoms with Crippen molar-refractivity contribution in [3.8, 4) is 33.4 Å².